The van der Waals surface area contributed by atoms with E-state index in [9.17, 15) is 8.42 Å². The Bertz CT molecular complexity index is 935. The number of nitrogens with one attached hydrogen (secondary N) is 1. The lowest BCUT2D eigenvalue weighted by Crippen LogP contribution is -2.26. The third kappa shape index (κ3) is 4.50. The Kier molecular flexibility index (Phi) is 5.70. The van der Waals surface area contributed by atoms with Crippen molar-refractivity contribution in [3.05, 3.63) is 66.4 Å². The van der Waals surface area contributed by atoms with Gasteiger partial charge in [-0.25, -0.2) is 13.1 Å². The molecule has 0 aliphatic heterocycles. The maximum atomic E-state index is 12.3. The van der Waals surface area contributed by atoms with Crippen LogP contribution in [0.1, 0.15) is 12.6 Å². The van der Waals surface area contributed by atoms with E-state index in [1.54, 1.807) is 12.1 Å². The quantitative estimate of drug-likeness (QED) is 0.656. The van der Waals surface area contributed by atoms with Crippen LogP contribution in [0.5, 0.6) is 5.75 Å². The molecule has 0 unspecified atom stereocenters. The molecule has 0 spiro atoms. The van der Waals surface area contributed by atoms with E-state index in [4.69, 9.17) is 9.26 Å². The van der Waals surface area contributed by atoms with Crippen molar-refractivity contribution in [2.24, 2.45) is 0 Å². The highest BCUT2D eigenvalue weighted by Crippen LogP contribution is 2.20. The third-order valence-electron chi connectivity index (χ3n) is 3.74. The van der Waals surface area contributed by atoms with Gasteiger partial charge in [0.2, 0.25) is 10.0 Å². The van der Waals surface area contributed by atoms with Gasteiger partial charge < -0.3 is 9.26 Å². The molecule has 7 heteroatoms. The zero-order valence-corrected chi connectivity index (χ0v) is 15.2. The average Bonchev–Trinajstić information content (AvgIpc) is 3.12. The molecule has 26 heavy (non-hydrogen) atoms. The van der Waals surface area contributed by atoms with Crippen LogP contribution in [0.25, 0.3) is 11.3 Å². The lowest BCUT2D eigenvalue weighted by atomic mass is 10.1. The van der Waals surface area contributed by atoms with E-state index in [1.165, 1.54) is 12.1 Å². The third-order valence-corrected chi connectivity index (χ3v) is 5.21. The summed E-state index contributed by atoms with van der Waals surface area (Å²) in [6.07, 6.45) is 0.437. The molecular weight excluding hydrogens is 352 g/mol. The fraction of sp³-hybridized carbons (Fsp3) is 0.211. The van der Waals surface area contributed by atoms with Crippen LogP contribution in [-0.2, 0) is 16.4 Å². The van der Waals surface area contributed by atoms with Crippen molar-refractivity contribution >= 4 is 10.0 Å². The molecule has 0 radical (unpaired) electrons. The van der Waals surface area contributed by atoms with E-state index in [1.807, 2.05) is 43.3 Å². The van der Waals surface area contributed by atoms with Gasteiger partial charge in [-0.15, -0.1) is 0 Å². The zero-order valence-electron chi connectivity index (χ0n) is 14.4. The predicted octanol–water partition coefficient (Wildman–Crippen LogP) is 3.26. The summed E-state index contributed by atoms with van der Waals surface area (Å²) in [5.74, 6) is 1.30. The Hall–Kier alpha value is -2.64. The van der Waals surface area contributed by atoms with Crippen molar-refractivity contribution < 1.29 is 17.7 Å². The minimum absolute atomic E-state index is 0.200. The van der Waals surface area contributed by atoms with Gasteiger partial charge in [-0.2, -0.15) is 0 Å². The summed E-state index contributed by atoms with van der Waals surface area (Å²) in [5.41, 5.74) is 1.62. The van der Waals surface area contributed by atoms with Crippen LogP contribution in [0, 0.1) is 0 Å². The summed E-state index contributed by atoms with van der Waals surface area (Å²) in [5, 5.41) is 3.99. The molecule has 6 nitrogen and oxygen atoms in total. The standard InChI is InChI=1S/C19H20N2O4S/c1-2-24-17-8-10-18(11-9-17)26(22,23)20-13-12-16-14-19(25-21-16)15-6-4-3-5-7-15/h3-11,14,20H,2,12-13H2,1H3. The van der Waals surface area contributed by atoms with Gasteiger partial charge in [-0.1, -0.05) is 35.5 Å². The van der Waals surface area contributed by atoms with Crippen molar-refractivity contribution in [2.75, 3.05) is 13.2 Å². The van der Waals surface area contributed by atoms with E-state index >= 15 is 0 Å². The van der Waals surface area contributed by atoms with Crippen molar-refractivity contribution in [3.8, 4) is 17.1 Å². The molecule has 0 bridgehead atoms. The van der Waals surface area contributed by atoms with E-state index in [0.29, 0.717) is 30.2 Å². The highest BCUT2D eigenvalue weighted by molar-refractivity contribution is 7.89. The second-order valence-electron chi connectivity index (χ2n) is 5.60. The number of ether oxygens (including phenoxy) is 1. The smallest absolute Gasteiger partial charge is 0.240 e. The van der Waals surface area contributed by atoms with E-state index in [2.05, 4.69) is 9.88 Å². The Morgan fingerprint density at radius 2 is 1.81 bits per heavy atom. The first kappa shape index (κ1) is 18.2. The van der Waals surface area contributed by atoms with Gasteiger partial charge in [0.15, 0.2) is 5.76 Å². The van der Waals surface area contributed by atoms with Crippen molar-refractivity contribution in [3.63, 3.8) is 0 Å². The average molecular weight is 372 g/mol. The second kappa shape index (κ2) is 8.16. The molecule has 1 N–H and O–H groups in total. The maximum Gasteiger partial charge on any atom is 0.240 e. The Balaban J connectivity index is 1.58. The van der Waals surface area contributed by atoms with Gasteiger partial charge in [0, 0.05) is 24.6 Å². The Labute approximate surface area is 152 Å². The molecule has 0 atom stereocenters. The molecule has 136 valence electrons. The Morgan fingerprint density at radius 3 is 2.50 bits per heavy atom. The molecule has 0 saturated carbocycles. The number of benzene rings is 2. The zero-order chi connectivity index (χ0) is 18.4. The van der Waals surface area contributed by atoms with E-state index in [0.717, 1.165) is 5.56 Å². The predicted molar refractivity (Wildman–Crippen MR) is 98.4 cm³/mol. The lowest BCUT2D eigenvalue weighted by molar-refractivity contribution is 0.340. The van der Waals surface area contributed by atoms with Gasteiger partial charge in [0.25, 0.3) is 0 Å². The topological polar surface area (TPSA) is 81.4 Å². The summed E-state index contributed by atoms with van der Waals surface area (Å²) in [7, 11) is -3.57. The van der Waals surface area contributed by atoms with Gasteiger partial charge in [-0.3, -0.25) is 0 Å². The first-order chi connectivity index (χ1) is 12.6. The molecule has 0 aliphatic rings. The SMILES string of the molecule is CCOc1ccc(S(=O)(=O)NCCc2cc(-c3ccccc3)on2)cc1. The van der Waals surface area contributed by atoms with Gasteiger partial charge in [0.05, 0.1) is 17.2 Å². The van der Waals surface area contributed by atoms with Gasteiger partial charge in [-0.05, 0) is 31.2 Å². The van der Waals surface area contributed by atoms with Crippen LogP contribution in [-0.4, -0.2) is 26.7 Å². The first-order valence-electron chi connectivity index (χ1n) is 8.32. The van der Waals surface area contributed by atoms with Gasteiger partial charge in [0.1, 0.15) is 5.75 Å². The number of hydrogen-bond donors (Lipinski definition) is 1. The summed E-state index contributed by atoms with van der Waals surface area (Å²) in [4.78, 5) is 0.200. The second-order valence-corrected chi connectivity index (χ2v) is 7.37. The number of nitrogens with zero attached hydrogens (tertiary/aromatic N) is 1. The molecule has 2 aromatic carbocycles. The monoisotopic (exact) mass is 372 g/mol. The normalized spacial score (nSPS) is 11.4. The summed E-state index contributed by atoms with van der Waals surface area (Å²) < 4.78 is 37.8. The lowest BCUT2D eigenvalue weighted by Gasteiger charge is -2.07. The maximum absolute atomic E-state index is 12.3. The molecule has 0 amide bonds. The van der Waals surface area contributed by atoms with Crippen LogP contribution in [0.2, 0.25) is 0 Å². The first-order valence-corrected chi connectivity index (χ1v) is 9.80. The van der Waals surface area contributed by atoms with Crippen LogP contribution in [0.15, 0.2) is 70.1 Å². The van der Waals surface area contributed by atoms with Crippen LogP contribution in [0.3, 0.4) is 0 Å². The molecule has 0 saturated heterocycles. The van der Waals surface area contributed by atoms with Crippen LogP contribution >= 0.6 is 0 Å². The van der Waals surface area contributed by atoms with Crippen molar-refractivity contribution in [1.29, 1.82) is 0 Å². The molecule has 1 heterocycles. The molecule has 3 aromatic rings. The largest absolute Gasteiger partial charge is 0.494 e. The minimum Gasteiger partial charge on any atom is -0.494 e. The molecule has 3 rings (SSSR count). The summed E-state index contributed by atoms with van der Waals surface area (Å²) in [6, 6.07) is 17.8. The molecule has 1 aromatic heterocycles. The highest BCUT2D eigenvalue weighted by atomic mass is 32.2. The number of aromatic nitrogens is 1. The van der Waals surface area contributed by atoms with Crippen LogP contribution < -0.4 is 9.46 Å². The fourth-order valence-electron chi connectivity index (χ4n) is 2.45. The molecule has 0 fully saturated rings. The van der Waals surface area contributed by atoms with Crippen molar-refractivity contribution in [1.82, 2.24) is 9.88 Å². The summed E-state index contributed by atoms with van der Waals surface area (Å²) in [6.45, 7) is 2.64. The summed E-state index contributed by atoms with van der Waals surface area (Å²) >= 11 is 0. The van der Waals surface area contributed by atoms with E-state index in [-0.39, 0.29) is 11.4 Å². The number of hydrogen-bond acceptors (Lipinski definition) is 5. The Morgan fingerprint density at radius 1 is 1.08 bits per heavy atom. The minimum atomic E-state index is -3.57. The highest BCUT2D eigenvalue weighted by Gasteiger charge is 2.14. The number of sulfonamides is 1. The fourth-order valence-corrected chi connectivity index (χ4v) is 3.48. The molecule has 0 aliphatic carbocycles. The molecular formula is C19H20N2O4S. The van der Waals surface area contributed by atoms with E-state index < -0.39 is 10.0 Å². The van der Waals surface area contributed by atoms with Crippen LogP contribution in [0.4, 0.5) is 0 Å². The van der Waals surface area contributed by atoms with Crippen molar-refractivity contribution in [2.45, 2.75) is 18.2 Å². The number of rotatable bonds is 8. The van der Waals surface area contributed by atoms with Gasteiger partial charge >= 0.3 is 0 Å².